The van der Waals surface area contributed by atoms with Gasteiger partial charge in [0.05, 0.1) is 17.1 Å². The van der Waals surface area contributed by atoms with Gasteiger partial charge in [-0.05, 0) is 43.2 Å². The summed E-state index contributed by atoms with van der Waals surface area (Å²) in [5.41, 5.74) is 7.50. The van der Waals surface area contributed by atoms with Crippen molar-refractivity contribution in [3.63, 3.8) is 0 Å². The molecule has 2 N–H and O–H groups in total. The van der Waals surface area contributed by atoms with Crippen LogP contribution in [0.5, 0.6) is 5.75 Å². The van der Waals surface area contributed by atoms with Crippen LogP contribution < -0.4 is 10.5 Å². The van der Waals surface area contributed by atoms with Crippen LogP contribution in [0.1, 0.15) is 24.6 Å². The number of nitrogens with zero attached hydrogens (tertiary/aromatic N) is 5. The van der Waals surface area contributed by atoms with E-state index in [1.54, 1.807) is 4.90 Å². The zero-order valence-corrected chi connectivity index (χ0v) is 16.6. The first-order valence-electron chi connectivity index (χ1n) is 9.92. The normalized spacial score (nSPS) is 16.8. The Morgan fingerprint density at radius 2 is 2.13 bits per heavy atom. The Bertz CT molecular complexity index is 1080. The molecule has 0 radical (unpaired) electrons. The van der Waals surface area contributed by atoms with Gasteiger partial charge in [0, 0.05) is 13.1 Å². The first kappa shape index (κ1) is 19.6. The first-order chi connectivity index (χ1) is 14.7. The molecule has 0 spiro atoms. The summed E-state index contributed by atoms with van der Waals surface area (Å²) in [5, 5.41) is 5.47. The van der Waals surface area contributed by atoms with Crippen molar-refractivity contribution in [2.75, 3.05) is 25.4 Å². The van der Waals surface area contributed by atoms with Crippen molar-refractivity contribution in [2.45, 2.75) is 18.9 Å². The molecule has 1 fully saturated rings. The van der Waals surface area contributed by atoms with Gasteiger partial charge in [0.25, 0.3) is 0 Å². The summed E-state index contributed by atoms with van der Waals surface area (Å²) in [4.78, 5) is 22.4. The van der Waals surface area contributed by atoms with Crippen LogP contribution in [-0.4, -0.2) is 50.3 Å². The van der Waals surface area contributed by atoms with Gasteiger partial charge in [-0.25, -0.2) is 14.6 Å². The van der Waals surface area contributed by atoms with Crippen molar-refractivity contribution in [1.29, 1.82) is 0 Å². The average molecular weight is 404 g/mol. The molecule has 2 aromatic heterocycles. The smallest absolute Gasteiger partial charge is 0.246 e. The number of ether oxygens (including phenoxy) is 1. The number of hydrogen-bond donors (Lipinski definition) is 1. The molecule has 3 aromatic rings. The van der Waals surface area contributed by atoms with Gasteiger partial charge in [-0.2, -0.15) is 5.10 Å². The number of rotatable bonds is 6. The molecule has 30 heavy (non-hydrogen) atoms. The van der Waals surface area contributed by atoms with Crippen LogP contribution in [0, 0.1) is 0 Å². The van der Waals surface area contributed by atoms with Crippen LogP contribution in [0.15, 0.2) is 55.4 Å². The minimum atomic E-state index is -0.0662. The maximum atomic E-state index is 12.1. The van der Waals surface area contributed by atoms with Gasteiger partial charge in [0.1, 0.15) is 24.5 Å². The van der Waals surface area contributed by atoms with Crippen LogP contribution in [0.3, 0.4) is 0 Å². The van der Waals surface area contributed by atoms with Gasteiger partial charge in [0.2, 0.25) is 5.91 Å². The van der Waals surface area contributed by atoms with E-state index in [9.17, 15) is 4.79 Å². The molecule has 8 nitrogen and oxygen atoms in total. The van der Waals surface area contributed by atoms with Crippen molar-refractivity contribution >= 4 is 28.8 Å². The van der Waals surface area contributed by atoms with Crippen molar-refractivity contribution in [1.82, 2.24) is 24.6 Å². The largest absolute Gasteiger partial charge is 0.490 e. The van der Waals surface area contributed by atoms with Crippen LogP contribution in [0.2, 0.25) is 0 Å². The van der Waals surface area contributed by atoms with Gasteiger partial charge < -0.3 is 15.4 Å². The lowest BCUT2D eigenvalue weighted by Crippen LogP contribution is -2.40. The molecule has 0 unspecified atom stereocenters. The van der Waals surface area contributed by atoms with E-state index in [0.717, 1.165) is 25.1 Å². The molecule has 0 saturated carbocycles. The second-order valence-electron chi connectivity index (χ2n) is 7.10. The summed E-state index contributed by atoms with van der Waals surface area (Å²) in [6, 6.07) is 9.63. The summed E-state index contributed by atoms with van der Waals surface area (Å²) in [7, 11) is 0. The summed E-state index contributed by atoms with van der Waals surface area (Å²) in [5.74, 6) is 1.11. The molecule has 1 amide bonds. The maximum absolute atomic E-state index is 12.1. The molecule has 1 aromatic carbocycles. The molecule has 1 aliphatic rings. The molecule has 8 heteroatoms. The van der Waals surface area contributed by atoms with Gasteiger partial charge in [-0.3, -0.25) is 4.79 Å². The fourth-order valence-electron chi connectivity index (χ4n) is 3.70. The van der Waals surface area contributed by atoms with E-state index in [1.807, 2.05) is 47.2 Å². The Hall–Kier alpha value is -3.68. The Balaban J connectivity index is 1.59. The Labute approximate surface area is 174 Å². The molecule has 3 heterocycles. The quantitative estimate of drug-likeness (QED) is 0.634. The first-order valence-corrected chi connectivity index (χ1v) is 9.92. The molecule has 1 saturated heterocycles. The van der Waals surface area contributed by atoms with Crippen molar-refractivity contribution < 1.29 is 9.53 Å². The number of carbonyl (C=O) groups is 1. The Morgan fingerprint density at radius 1 is 1.30 bits per heavy atom. The number of hydrogen-bond acceptors (Lipinski definition) is 6. The fourth-order valence-corrected chi connectivity index (χ4v) is 3.70. The highest BCUT2D eigenvalue weighted by Crippen LogP contribution is 2.29. The topological polar surface area (TPSA) is 99.2 Å². The zero-order valence-electron chi connectivity index (χ0n) is 16.6. The number of piperidine rings is 1. The van der Waals surface area contributed by atoms with E-state index in [4.69, 9.17) is 15.6 Å². The Morgan fingerprint density at radius 3 is 2.93 bits per heavy atom. The van der Waals surface area contributed by atoms with Crippen molar-refractivity contribution in [2.24, 2.45) is 0 Å². The monoisotopic (exact) mass is 404 g/mol. The van der Waals surface area contributed by atoms with Crippen LogP contribution in [-0.2, 0) is 4.79 Å². The number of benzene rings is 1. The third-order valence-corrected chi connectivity index (χ3v) is 5.14. The minimum absolute atomic E-state index is 0.0159. The van der Waals surface area contributed by atoms with E-state index in [2.05, 4.69) is 16.5 Å². The lowest BCUT2D eigenvalue weighted by molar-refractivity contribution is -0.127. The molecule has 0 aliphatic carbocycles. The highest BCUT2D eigenvalue weighted by molar-refractivity contribution is 5.92. The molecule has 154 valence electrons. The van der Waals surface area contributed by atoms with E-state index in [0.29, 0.717) is 35.7 Å². The number of nitrogen functional groups attached to an aromatic ring is 1. The third-order valence-electron chi connectivity index (χ3n) is 5.14. The highest BCUT2D eigenvalue weighted by Gasteiger charge is 2.27. The number of amides is 1. The fraction of sp³-hybridized carbons (Fsp3) is 0.273. The number of likely N-dealkylation sites (tertiary alicyclic amines) is 1. The van der Waals surface area contributed by atoms with Gasteiger partial charge in [0.15, 0.2) is 5.65 Å². The molecular formula is C22H24N6O2. The number of aromatic nitrogens is 4. The molecule has 0 bridgehead atoms. The number of anilines is 1. The number of fused-ring (bicyclic) bond motifs is 1. The lowest BCUT2D eigenvalue weighted by Gasteiger charge is -2.32. The van der Waals surface area contributed by atoms with Gasteiger partial charge in [-0.15, -0.1) is 0 Å². The summed E-state index contributed by atoms with van der Waals surface area (Å²) >= 11 is 0. The highest BCUT2D eigenvalue weighted by atomic mass is 16.5. The van der Waals surface area contributed by atoms with E-state index in [1.165, 1.54) is 12.4 Å². The molecule has 1 aliphatic heterocycles. The SMILES string of the molecule is C=CC(=O)N1CCC[C@@H](n2nc(/C=C\COc3ccccc3)c3c(N)ncnc32)C1. The zero-order chi connectivity index (χ0) is 20.9. The number of para-hydroxylation sites is 1. The van der Waals surface area contributed by atoms with Crippen LogP contribution >= 0.6 is 0 Å². The molecule has 1 atom stereocenters. The number of nitrogens with two attached hydrogens (primary N) is 1. The summed E-state index contributed by atoms with van der Waals surface area (Å²) in [6.45, 7) is 5.28. The molecular weight excluding hydrogens is 380 g/mol. The second-order valence-corrected chi connectivity index (χ2v) is 7.10. The van der Waals surface area contributed by atoms with Crippen LogP contribution in [0.25, 0.3) is 17.1 Å². The van der Waals surface area contributed by atoms with Crippen molar-refractivity contribution in [3.05, 3.63) is 61.1 Å². The van der Waals surface area contributed by atoms with E-state index >= 15 is 0 Å². The standard InChI is InChI=1S/C22H24N6O2/c1-2-19(29)27-12-6-8-16(14-27)28-22-20(21(23)24-15-25-22)18(26-28)11-7-13-30-17-9-4-3-5-10-17/h2-5,7,9-11,15-16H,1,6,8,12-14H2,(H2,23,24,25)/b11-7-/t16-/m1/s1. The maximum Gasteiger partial charge on any atom is 0.246 e. The van der Waals surface area contributed by atoms with Gasteiger partial charge >= 0.3 is 0 Å². The summed E-state index contributed by atoms with van der Waals surface area (Å²) < 4.78 is 7.58. The number of carbonyl (C=O) groups excluding carboxylic acids is 1. The second kappa shape index (κ2) is 8.77. The average Bonchev–Trinajstić information content (AvgIpc) is 3.17. The van der Waals surface area contributed by atoms with Crippen LogP contribution in [0.4, 0.5) is 5.82 Å². The third kappa shape index (κ3) is 4.03. The Kier molecular flexibility index (Phi) is 5.74. The summed E-state index contributed by atoms with van der Waals surface area (Å²) in [6.07, 6.45) is 8.35. The predicted molar refractivity (Wildman–Crippen MR) is 116 cm³/mol. The minimum Gasteiger partial charge on any atom is -0.490 e. The molecule has 4 rings (SSSR count). The van der Waals surface area contributed by atoms with E-state index in [-0.39, 0.29) is 11.9 Å². The van der Waals surface area contributed by atoms with Gasteiger partial charge in [-0.1, -0.05) is 24.8 Å². The lowest BCUT2D eigenvalue weighted by atomic mass is 10.1. The van der Waals surface area contributed by atoms with Crippen molar-refractivity contribution in [3.8, 4) is 5.75 Å². The predicted octanol–water partition coefficient (Wildman–Crippen LogP) is 2.85. The van der Waals surface area contributed by atoms with E-state index < -0.39 is 0 Å².